The lowest BCUT2D eigenvalue weighted by atomic mass is 10.0. The molecule has 0 spiro atoms. The first-order valence-electron chi connectivity index (χ1n) is 10.5. The van der Waals surface area contributed by atoms with Crippen molar-refractivity contribution in [2.75, 3.05) is 5.32 Å². The van der Waals surface area contributed by atoms with Gasteiger partial charge in [0.15, 0.2) is 5.65 Å². The van der Waals surface area contributed by atoms with E-state index in [-0.39, 0.29) is 18.0 Å². The highest BCUT2D eigenvalue weighted by atomic mass is 16.1. The Bertz CT molecular complexity index is 1010. The molecule has 1 aliphatic carbocycles. The summed E-state index contributed by atoms with van der Waals surface area (Å²) in [7, 11) is 0. The second kappa shape index (κ2) is 7.85. The molecular formula is C23H29N5O. The first-order valence-corrected chi connectivity index (χ1v) is 10.5. The zero-order chi connectivity index (χ0) is 20.5. The number of benzene rings is 1. The highest BCUT2D eigenvalue weighted by Crippen LogP contribution is 2.28. The Balaban J connectivity index is 1.64. The SMILES string of the molecule is CCn1ncc2c(N[C@@H](C)C(C)C)c(C(=O)NC3Cc4ccccc4C3)cnc21. The predicted octanol–water partition coefficient (Wildman–Crippen LogP) is 3.80. The number of pyridine rings is 1. The maximum Gasteiger partial charge on any atom is 0.255 e. The van der Waals surface area contributed by atoms with Crippen molar-refractivity contribution in [3.8, 4) is 0 Å². The van der Waals surface area contributed by atoms with Gasteiger partial charge in [0.2, 0.25) is 0 Å². The zero-order valence-electron chi connectivity index (χ0n) is 17.6. The molecule has 6 heteroatoms. The quantitative estimate of drug-likeness (QED) is 0.670. The molecule has 1 atom stereocenters. The van der Waals surface area contributed by atoms with Crippen LogP contribution in [-0.2, 0) is 19.4 Å². The number of anilines is 1. The molecule has 1 aromatic carbocycles. The smallest absolute Gasteiger partial charge is 0.255 e. The molecule has 0 saturated carbocycles. The summed E-state index contributed by atoms with van der Waals surface area (Å²) in [4.78, 5) is 17.8. The second-order valence-electron chi connectivity index (χ2n) is 8.27. The molecular weight excluding hydrogens is 362 g/mol. The van der Waals surface area contributed by atoms with Crippen LogP contribution in [0.3, 0.4) is 0 Å². The topological polar surface area (TPSA) is 71.8 Å². The summed E-state index contributed by atoms with van der Waals surface area (Å²) in [5.74, 6) is 0.347. The lowest BCUT2D eigenvalue weighted by Gasteiger charge is -2.22. The molecule has 0 radical (unpaired) electrons. The van der Waals surface area contributed by atoms with Crippen LogP contribution in [0.15, 0.2) is 36.7 Å². The fourth-order valence-electron chi connectivity index (χ4n) is 3.90. The van der Waals surface area contributed by atoms with Gasteiger partial charge in [-0.05, 0) is 43.7 Å². The Hall–Kier alpha value is -2.89. The number of amides is 1. The summed E-state index contributed by atoms with van der Waals surface area (Å²) in [6, 6.07) is 8.73. The number of aromatic nitrogens is 3. The van der Waals surface area contributed by atoms with Crippen LogP contribution in [0.4, 0.5) is 5.69 Å². The van der Waals surface area contributed by atoms with Crippen molar-refractivity contribution < 1.29 is 4.79 Å². The largest absolute Gasteiger partial charge is 0.381 e. The minimum Gasteiger partial charge on any atom is -0.381 e. The molecule has 6 nitrogen and oxygen atoms in total. The van der Waals surface area contributed by atoms with Crippen molar-refractivity contribution in [1.82, 2.24) is 20.1 Å². The van der Waals surface area contributed by atoms with Crippen molar-refractivity contribution in [3.63, 3.8) is 0 Å². The first kappa shape index (κ1) is 19.4. The molecule has 0 bridgehead atoms. The molecule has 2 heterocycles. The van der Waals surface area contributed by atoms with E-state index in [1.807, 2.05) is 17.8 Å². The average Bonchev–Trinajstić information content (AvgIpc) is 3.30. The van der Waals surface area contributed by atoms with Gasteiger partial charge < -0.3 is 10.6 Å². The van der Waals surface area contributed by atoms with Gasteiger partial charge in [0, 0.05) is 24.8 Å². The van der Waals surface area contributed by atoms with Crippen LogP contribution >= 0.6 is 0 Å². The van der Waals surface area contributed by atoms with Crippen molar-refractivity contribution in [2.24, 2.45) is 5.92 Å². The van der Waals surface area contributed by atoms with Gasteiger partial charge in [-0.25, -0.2) is 9.67 Å². The maximum atomic E-state index is 13.2. The van der Waals surface area contributed by atoms with Crippen LogP contribution in [0, 0.1) is 5.92 Å². The van der Waals surface area contributed by atoms with Crippen LogP contribution in [0.5, 0.6) is 0 Å². The van der Waals surface area contributed by atoms with Crippen LogP contribution in [-0.4, -0.2) is 32.8 Å². The average molecular weight is 392 g/mol. The van der Waals surface area contributed by atoms with Gasteiger partial charge in [0.1, 0.15) is 0 Å². The molecule has 2 aromatic heterocycles. The number of hydrogen-bond acceptors (Lipinski definition) is 4. The summed E-state index contributed by atoms with van der Waals surface area (Å²) in [6.07, 6.45) is 5.24. The van der Waals surface area contributed by atoms with E-state index in [4.69, 9.17) is 0 Å². The normalized spacial score (nSPS) is 14.9. The molecule has 1 aliphatic rings. The molecule has 0 fully saturated rings. The molecule has 0 unspecified atom stereocenters. The highest BCUT2D eigenvalue weighted by molar-refractivity contribution is 6.06. The predicted molar refractivity (Wildman–Crippen MR) is 116 cm³/mol. The van der Waals surface area contributed by atoms with E-state index in [0.717, 1.165) is 36.1 Å². The minimum atomic E-state index is -0.0834. The van der Waals surface area contributed by atoms with Crippen molar-refractivity contribution in [1.29, 1.82) is 0 Å². The van der Waals surface area contributed by atoms with Crippen LogP contribution < -0.4 is 10.6 Å². The number of fused-ring (bicyclic) bond motifs is 2. The standard InChI is InChI=1S/C23H29N5O/c1-5-28-22-19(13-25-28)21(26-15(4)14(2)3)20(12-24-22)23(29)27-18-10-16-8-6-7-9-17(16)11-18/h6-9,12-15,18H,5,10-11H2,1-4H3,(H,24,26)(H,27,29)/t15-/m0/s1. The van der Waals surface area contributed by atoms with Gasteiger partial charge in [-0.2, -0.15) is 5.10 Å². The Morgan fingerprint density at radius 1 is 1.17 bits per heavy atom. The van der Waals surface area contributed by atoms with E-state index in [9.17, 15) is 4.79 Å². The van der Waals surface area contributed by atoms with Gasteiger partial charge in [-0.3, -0.25) is 4.79 Å². The minimum absolute atomic E-state index is 0.0834. The van der Waals surface area contributed by atoms with Crippen molar-refractivity contribution in [2.45, 2.75) is 59.2 Å². The molecule has 152 valence electrons. The van der Waals surface area contributed by atoms with Gasteiger partial charge in [-0.15, -0.1) is 0 Å². The monoisotopic (exact) mass is 391 g/mol. The van der Waals surface area contributed by atoms with E-state index < -0.39 is 0 Å². The number of hydrogen-bond donors (Lipinski definition) is 2. The van der Waals surface area contributed by atoms with E-state index in [1.54, 1.807) is 6.20 Å². The molecule has 0 saturated heterocycles. The lowest BCUT2D eigenvalue weighted by molar-refractivity contribution is 0.0939. The third-order valence-corrected chi connectivity index (χ3v) is 5.97. The molecule has 1 amide bonds. The molecule has 2 N–H and O–H groups in total. The summed E-state index contributed by atoms with van der Waals surface area (Å²) in [5, 5.41) is 12.1. The van der Waals surface area contributed by atoms with Gasteiger partial charge >= 0.3 is 0 Å². The van der Waals surface area contributed by atoms with E-state index in [2.05, 4.69) is 65.8 Å². The fraction of sp³-hybridized carbons (Fsp3) is 0.435. The third-order valence-electron chi connectivity index (χ3n) is 5.97. The Morgan fingerprint density at radius 3 is 2.48 bits per heavy atom. The molecule has 29 heavy (non-hydrogen) atoms. The fourth-order valence-corrected chi connectivity index (χ4v) is 3.90. The van der Waals surface area contributed by atoms with E-state index >= 15 is 0 Å². The molecule has 0 aliphatic heterocycles. The lowest BCUT2D eigenvalue weighted by Crippen LogP contribution is -2.36. The van der Waals surface area contributed by atoms with Crippen LogP contribution in [0.25, 0.3) is 11.0 Å². The number of aryl methyl sites for hydroxylation is 1. The second-order valence-corrected chi connectivity index (χ2v) is 8.27. The van der Waals surface area contributed by atoms with Gasteiger partial charge in [0.25, 0.3) is 5.91 Å². The number of carbonyl (C=O) groups is 1. The van der Waals surface area contributed by atoms with Crippen molar-refractivity contribution in [3.05, 3.63) is 53.3 Å². The first-order chi connectivity index (χ1) is 14.0. The van der Waals surface area contributed by atoms with Crippen LogP contribution in [0.2, 0.25) is 0 Å². The summed E-state index contributed by atoms with van der Waals surface area (Å²) >= 11 is 0. The Labute approximate surface area is 171 Å². The van der Waals surface area contributed by atoms with Gasteiger partial charge in [-0.1, -0.05) is 38.1 Å². The number of rotatable bonds is 6. The number of nitrogens with one attached hydrogen (secondary N) is 2. The van der Waals surface area contributed by atoms with E-state index in [0.29, 0.717) is 11.5 Å². The number of nitrogens with zero attached hydrogens (tertiary/aromatic N) is 3. The van der Waals surface area contributed by atoms with Crippen molar-refractivity contribution >= 4 is 22.6 Å². The maximum absolute atomic E-state index is 13.2. The van der Waals surface area contributed by atoms with Crippen LogP contribution in [0.1, 0.15) is 49.2 Å². The Kier molecular flexibility index (Phi) is 5.26. The number of carbonyl (C=O) groups excluding carboxylic acids is 1. The van der Waals surface area contributed by atoms with E-state index in [1.165, 1.54) is 11.1 Å². The summed E-state index contributed by atoms with van der Waals surface area (Å²) in [6.45, 7) is 9.25. The summed E-state index contributed by atoms with van der Waals surface area (Å²) in [5.41, 5.74) is 4.85. The molecule has 4 rings (SSSR count). The highest BCUT2D eigenvalue weighted by Gasteiger charge is 2.25. The molecule has 3 aromatic rings. The Morgan fingerprint density at radius 2 is 1.86 bits per heavy atom. The zero-order valence-corrected chi connectivity index (χ0v) is 17.6. The summed E-state index contributed by atoms with van der Waals surface area (Å²) < 4.78 is 1.86. The van der Waals surface area contributed by atoms with Gasteiger partial charge in [0.05, 0.1) is 22.8 Å². The third kappa shape index (κ3) is 3.71.